The van der Waals surface area contributed by atoms with E-state index >= 15 is 0 Å². The summed E-state index contributed by atoms with van der Waals surface area (Å²) in [5.74, 6) is 0.162. The molecular weight excluding hydrogens is 251 g/mol. The number of alkyl halides is 2. The molecule has 0 saturated carbocycles. The van der Waals surface area contributed by atoms with Gasteiger partial charge < -0.3 is 5.11 Å². The maximum absolute atomic E-state index is 9.05. The lowest BCUT2D eigenvalue weighted by atomic mass is 10.2. The first kappa shape index (κ1) is 9.17. The number of rotatable bonds is 1. The van der Waals surface area contributed by atoms with Crippen molar-refractivity contribution in [3.05, 3.63) is 28.2 Å². The van der Waals surface area contributed by atoms with Gasteiger partial charge in [0.1, 0.15) is 10.6 Å². The number of hydrogen-bond donors (Lipinski definition) is 1. The van der Waals surface area contributed by atoms with Crippen molar-refractivity contribution < 1.29 is 5.11 Å². The van der Waals surface area contributed by atoms with Crippen LogP contribution in [0.3, 0.4) is 0 Å². The zero-order valence-electron chi connectivity index (χ0n) is 5.39. The molecule has 0 heterocycles. The van der Waals surface area contributed by atoms with Crippen LogP contribution in [0.25, 0.3) is 0 Å². The lowest BCUT2D eigenvalue weighted by Gasteiger charge is -2.04. The molecule has 0 aliphatic rings. The summed E-state index contributed by atoms with van der Waals surface area (Å²) >= 11 is 14.5. The van der Waals surface area contributed by atoms with Gasteiger partial charge in [-0.2, -0.15) is 0 Å². The maximum atomic E-state index is 9.05. The van der Waals surface area contributed by atoms with Gasteiger partial charge in [0.15, 0.2) is 0 Å². The van der Waals surface area contributed by atoms with Crippen molar-refractivity contribution in [2.24, 2.45) is 0 Å². The first-order valence-electron chi connectivity index (χ1n) is 2.88. The summed E-state index contributed by atoms with van der Waals surface area (Å²) in [6, 6.07) is 4.78. The van der Waals surface area contributed by atoms with E-state index in [0.29, 0.717) is 5.56 Å². The third-order valence-corrected chi connectivity index (χ3v) is 2.41. The molecule has 0 aliphatic carbocycles. The van der Waals surface area contributed by atoms with Crippen molar-refractivity contribution in [1.82, 2.24) is 0 Å². The van der Waals surface area contributed by atoms with Gasteiger partial charge in [-0.3, -0.25) is 0 Å². The second kappa shape index (κ2) is 3.65. The molecular formula is C7H5BrCl2O. The fraction of sp³-hybridized carbons (Fsp3) is 0.143. The first-order valence-corrected chi connectivity index (χ1v) is 4.54. The molecule has 11 heavy (non-hydrogen) atoms. The van der Waals surface area contributed by atoms with Crippen LogP contribution in [0.1, 0.15) is 10.4 Å². The Hall–Kier alpha value is 0.0800. The average molecular weight is 256 g/mol. The van der Waals surface area contributed by atoms with Crippen LogP contribution in [0.15, 0.2) is 22.7 Å². The van der Waals surface area contributed by atoms with Gasteiger partial charge in [0.25, 0.3) is 0 Å². The van der Waals surface area contributed by atoms with Crippen molar-refractivity contribution in [3.63, 3.8) is 0 Å². The van der Waals surface area contributed by atoms with Crippen molar-refractivity contribution in [3.8, 4) is 5.75 Å². The quantitative estimate of drug-likeness (QED) is 0.760. The average Bonchev–Trinajstić information content (AvgIpc) is 1.94. The first-order chi connectivity index (χ1) is 5.11. The van der Waals surface area contributed by atoms with E-state index in [9.17, 15) is 0 Å². The number of hydrogen-bond acceptors (Lipinski definition) is 1. The van der Waals surface area contributed by atoms with Crippen LogP contribution >= 0.6 is 39.1 Å². The predicted octanol–water partition coefficient (Wildman–Crippen LogP) is 3.63. The molecule has 0 saturated heterocycles. The number of aromatic hydroxyl groups is 1. The van der Waals surface area contributed by atoms with Crippen LogP contribution in [-0.2, 0) is 0 Å². The van der Waals surface area contributed by atoms with Crippen molar-refractivity contribution in [2.75, 3.05) is 0 Å². The van der Waals surface area contributed by atoms with Crippen LogP contribution in [0.2, 0.25) is 0 Å². The summed E-state index contributed by atoms with van der Waals surface area (Å²) in [7, 11) is 0. The number of benzene rings is 1. The van der Waals surface area contributed by atoms with E-state index in [-0.39, 0.29) is 5.75 Å². The molecule has 0 unspecified atom stereocenters. The smallest absolute Gasteiger partial charge is 0.134 e. The molecule has 0 aliphatic heterocycles. The molecule has 0 bridgehead atoms. The molecule has 0 fully saturated rings. The van der Waals surface area contributed by atoms with Crippen molar-refractivity contribution in [1.29, 1.82) is 0 Å². The Labute approximate surface area is 83.1 Å². The molecule has 0 radical (unpaired) electrons. The summed E-state index contributed by atoms with van der Waals surface area (Å²) in [6.45, 7) is 0. The fourth-order valence-electron chi connectivity index (χ4n) is 0.698. The summed E-state index contributed by atoms with van der Waals surface area (Å²) in [5.41, 5.74) is 0.674. The molecule has 0 amide bonds. The molecule has 0 aromatic heterocycles. The molecule has 1 N–H and O–H groups in total. The second-order valence-electron chi connectivity index (χ2n) is 2.01. The van der Waals surface area contributed by atoms with Gasteiger partial charge in [0.2, 0.25) is 0 Å². The van der Waals surface area contributed by atoms with E-state index in [1.807, 2.05) is 0 Å². The Balaban J connectivity index is 3.13. The Morgan fingerprint density at radius 3 is 2.45 bits per heavy atom. The van der Waals surface area contributed by atoms with Crippen LogP contribution < -0.4 is 0 Å². The summed E-state index contributed by atoms with van der Waals surface area (Å²) in [6.07, 6.45) is 0. The molecule has 1 aromatic carbocycles. The van der Waals surface area contributed by atoms with Crippen LogP contribution in [0.4, 0.5) is 0 Å². The maximum Gasteiger partial charge on any atom is 0.134 e. The molecule has 4 heteroatoms. The van der Waals surface area contributed by atoms with Gasteiger partial charge in [0, 0.05) is 10.0 Å². The minimum Gasteiger partial charge on any atom is -0.508 e. The molecule has 0 atom stereocenters. The zero-order chi connectivity index (χ0) is 8.43. The second-order valence-corrected chi connectivity index (χ2v) is 3.96. The van der Waals surface area contributed by atoms with Crippen LogP contribution in [0, 0.1) is 0 Å². The van der Waals surface area contributed by atoms with E-state index in [2.05, 4.69) is 15.9 Å². The highest BCUT2D eigenvalue weighted by molar-refractivity contribution is 9.10. The summed E-state index contributed by atoms with van der Waals surface area (Å²) in [4.78, 5) is -0.614. The van der Waals surface area contributed by atoms with Gasteiger partial charge in [-0.25, -0.2) is 0 Å². The Morgan fingerprint density at radius 2 is 2.00 bits per heavy atom. The Bertz CT molecular complexity index is 263. The summed E-state index contributed by atoms with van der Waals surface area (Å²) in [5, 5.41) is 9.05. The highest BCUT2D eigenvalue weighted by Gasteiger charge is 2.08. The zero-order valence-corrected chi connectivity index (χ0v) is 8.49. The van der Waals surface area contributed by atoms with E-state index in [4.69, 9.17) is 28.3 Å². The molecule has 1 rings (SSSR count). The topological polar surface area (TPSA) is 20.2 Å². The number of halogens is 3. The minimum atomic E-state index is -0.614. The molecule has 1 aromatic rings. The lowest BCUT2D eigenvalue weighted by molar-refractivity contribution is 0.474. The largest absolute Gasteiger partial charge is 0.508 e. The van der Waals surface area contributed by atoms with Gasteiger partial charge in [-0.1, -0.05) is 15.9 Å². The monoisotopic (exact) mass is 254 g/mol. The minimum absolute atomic E-state index is 0.162. The van der Waals surface area contributed by atoms with E-state index in [0.717, 1.165) is 4.47 Å². The SMILES string of the molecule is Oc1ccc(Br)c(C(Cl)Cl)c1. The van der Waals surface area contributed by atoms with Crippen LogP contribution in [0.5, 0.6) is 5.75 Å². The Morgan fingerprint density at radius 1 is 1.36 bits per heavy atom. The number of phenolic OH excluding ortho intramolecular Hbond substituents is 1. The van der Waals surface area contributed by atoms with Gasteiger partial charge in [-0.15, -0.1) is 23.2 Å². The molecule has 60 valence electrons. The highest BCUT2D eigenvalue weighted by atomic mass is 79.9. The summed E-state index contributed by atoms with van der Waals surface area (Å²) < 4.78 is 0.797. The van der Waals surface area contributed by atoms with Gasteiger partial charge >= 0.3 is 0 Å². The normalized spacial score (nSPS) is 10.5. The Kier molecular flexibility index (Phi) is 3.05. The predicted molar refractivity (Wildman–Crippen MR) is 50.3 cm³/mol. The van der Waals surface area contributed by atoms with Crippen molar-refractivity contribution in [2.45, 2.75) is 4.84 Å². The molecule has 0 spiro atoms. The number of phenols is 1. The lowest BCUT2D eigenvalue weighted by Crippen LogP contribution is -1.82. The van der Waals surface area contributed by atoms with E-state index in [1.54, 1.807) is 12.1 Å². The van der Waals surface area contributed by atoms with Gasteiger partial charge in [-0.05, 0) is 18.2 Å². The third kappa shape index (κ3) is 2.26. The highest BCUT2D eigenvalue weighted by Crippen LogP contribution is 2.33. The third-order valence-electron chi connectivity index (χ3n) is 1.21. The van der Waals surface area contributed by atoms with E-state index in [1.165, 1.54) is 6.07 Å². The van der Waals surface area contributed by atoms with Crippen LogP contribution in [-0.4, -0.2) is 5.11 Å². The van der Waals surface area contributed by atoms with Gasteiger partial charge in [0.05, 0.1) is 0 Å². The van der Waals surface area contributed by atoms with Crippen molar-refractivity contribution >= 4 is 39.1 Å². The fourth-order valence-corrected chi connectivity index (χ4v) is 1.80. The standard InChI is InChI=1S/C7H5BrCl2O/c8-6-2-1-4(11)3-5(6)7(9)10/h1-3,7,11H. The van der Waals surface area contributed by atoms with E-state index < -0.39 is 4.84 Å². The molecule has 1 nitrogen and oxygen atoms in total.